The van der Waals surface area contributed by atoms with Gasteiger partial charge in [0.25, 0.3) is 0 Å². The number of rotatable bonds is 8. The van der Waals surface area contributed by atoms with Crippen molar-refractivity contribution in [3.63, 3.8) is 0 Å². The summed E-state index contributed by atoms with van der Waals surface area (Å²) in [5.74, 6) is 2.33. The lowest BCUT2D eigenvalue weighted by atomic mass is 9.89. The van der Waals surface area contributed by atoms with Crippen molar-refractivity contribution in [2.45, 2.75) is 51.5 Å². The first-order valence-corrected chi connectivity index (χ1v) is 11.7. The van der Waals surface area contributed by atoms with E-state index in [1.54, 1.807) is 11.3 Å². The second kappa shape index (κ2) is 9.55. The Kier molecular flexibility index (Phi) is 6.62. The Morgan fingerprint density at radius 1 is 1.14 bits per heavy atom. The van der Waals surface area contributed by atoms with E-state index in [1.807, 2.05) is 0 Å². The van der Waals surface area contributed by atoms with Crippen molar-refractivity contribution < 1.29 is 0 Å². The van der Waals surface area contributed by atoms with Gasteiger partial charge in [-0.1, -0.05) is 37.5 Å². The van der Waals surface area contributed by atoms with Gasteiger partial charge in [0.2, 0.25) is 5.95 Å². The van der Waals surface area contributed by atoms with Crippen molar-refractivity contribution >= 4 is 34.0 Å². The van der Waals surface area contributed by atoms with E-state index in [1.165, 1.54) is 42.5 Å². The number of fused-ring (bicyclic) bond motifs is 1. The molecule has 1 saturated carbocycles. The van der Waals surface area contributed by atoms with E-state index in [4.69, 9.17) is 15.7 Å². The van der Waals surface area contributed by atoms with Crippen molar-refractivity contribution in [1.29, 1.82) is 0 Å². The van der Waals surface area contributed by atoms with Gasteiger partial charge in [-0.2, -0.15) is 4.98 Å². The third-order valence-corrected chi connectivity index (χ3v) is 6.88. The number of benzene rings is 1. The van der Waals surface area contributed by atoms with Crippen molar-refractivity contribution in [3.8, 4) is 0 Å². The molecule has 1 aliphatic carbocycles. The predicted molar refractivity (Wildman–Crippen MR) is 124 cm³/mol. The smallest absolute Gasteiger partial charge is 0.225 e. The number of para-hydroxylation sites is 1. The van der Waals surface area contributed by atoms with E-state index in [2.05, 4.69) is 53.3 Å². The zero-order valence-electron chi connectivity index (χ0n) is 17.2. The molecule has 1 aromatic carbocycles. The highest BCUT2D eigenvalue weighted by Crippen LogP contribution is 2.30. The maximum atomic E-state index is 5.86. The van der Waals surface area contributed by atoms with Gasteiger partial charge in [-0.15, -0.1) is 11.3 Å². The number of thiophene rings is 1. The highest BCUT2D eigenvalue weighted by Gasteiger charge is 2.16. The van der Waals surface area contributed by atoms with Crippen molar-refractivity contribution in [2.24, 2.45) is 11.7 Å². The molecule has 4 N–H and O–H groups in total. The van der Waals surface area contributed by atoms with Gasteiger partial charge in [0.1, 0.15) is 5.82 Å². The Labute approximate surface area is 177 Å². The molecule has 0 aliphatic heterocycles. The summed E-state index contributed by atoms with van der Waals surface area (Å²) in [7, 11) is 0. The van der Waals surface area contributed by atoms with Crippen LogP contribution >= 0.6 is 11.3 Å². The molecule has 1 fully saturated rings. The SMILES string of the molecule is C[C@@H](Nc1nc(NCC2CCCCC2)nc2c(CCN)cccc12)c1cccs1. The quantitative estimate of drug-likeness (QED) is 0.467. The molecular formula is C23H31N5S. The lowest BCUT2D eigenvalue weighted by Gasteiger charge is -2.22. The molecule has 0 saturated heterocycles. The third-order valence-electron chi connectivity index (χ3n) is 5.82. The first-order chi connectivity index (χ1) is 14.2. The second-order valence-electron chi connectivity index (χ2n) is 8.01. The summed E-state index contributed by atoms with van der Waals surface area (Å²) >= 11 is 1.76. The first-order valence-electron chi connectivity index (χ1n) is 10.8. The van der Waals surface area contributed by atoms with Crippen LogP contribution in [0, 0.1) is 5.92 Å². The largest absolute Gasteiger partial charge is 0.362 e. The number of nitrogens with two attached hydrogens (primary N) is 1. The summed E-state index contributed by atoms with van der Waals surface area (Å²) in [5.41, 5.74) is 8.04. The Balaban J connectivity index is 1.64. The second-order valence-corrected chi connectivity index (χ2v) is 8.99. The van der Waals surface area contributed by atoms with Gasteiger partial charge in [0.05, 0.1) is 11.6 Å². The molecule has 3 aromatic rings. The van der Waals surface area contributed by atoms with E-state index in [0.29, 0.717) is 12.5 Å². The molecule has 0 radical (unpaired) electrons. The normalized spacial score (nSPS) is 16.1. The highest BCUT2D eigenvalue weighted by atomic mass is 32.1. The first kappa shape index (κ1) is 20.1. The Bertz CT molecular complexity index is 918. The Morgan fingerprint density at radius 2 is 2.00 bits per heavy atom. The van der Waals surface area contributed by atoms with E-state index in [9.17, 15) is 0 Å². The minimum Gasteiger partial charge on any atom is -0.362 e. The van der Waals surface area contributed by atoms with Gasteiger partial charge >= 0.3 is 0 Å². The number of hydrogen-bond donors (Lipinski definition) is 3. The van der Waals surface area contributed by atoms with Crippen LogP contribution in [0.4, 0.5) is 11.8 Å². The molecule has 0 amide bonds. The molecule has 6 heteroatoms. The van der Waals surface area contributed by atoms with Crippen LogP contribution in [-0.4, -0.2) is 23.1 Å². The van der Waals surface area contributed by atoms with Crippen LogP contribution < -0.4 is 16.4 Å². The standard InChI is InChI=1S/C23H31N5S/c1-16(20-11-6-14-29-20)26-22-19-10-5-9-18(12-13-24)21(19)27-23(28-22)25-15-17-7-3-2-4-8-17/h5-6,9-11,14,16-17H,2-4,7-8,12-13,15,24H2,1H3,(H2,25,26,27,28)/t16-/m1/s1. The fourth-order valence-corrected chi connectivity index (χ4v) is 4.93. The molecule has 1 atom stereocenters. The van der Waals surface area contributed by atoms with E-state index in [-0.39, 0.29) is 6.04 Å². The molecule has 0 unspecified atom stereocenters. The van der Waals surface area contributed by atoms with E-state index >= 15 is 0 Å². The van der Waals surface area contributed by atoms with Crippen LogP contribution in [0.15, 0.2) is 35.7 Å². The number of aromatic nitrogens is 2. The molecule has 154 valence electrons. The monoisotopic (exact) mass is 409 g/mol. The number of hydrogen-bond acceptors (Lipinski definition) is 6. The van der Waals surface area contributed by atoms with Gasteiger partial charge in [0.15, 0.2) is 0 Å². The maximum absolute atomic E-state index is 5.86. The number of nitrogens with zero attached hydrogens (tertiary/aromatic N) is 2. The van der Waals surface area contributed by atoms with Crippen LogP contribution in [0.3, 0.4) is 0 Å². The molecule has 5 nitrogen and oxygen atoms in total. The summed E-state index contributed by atoms with van der Waals surface area (Å²) in [5, 5.41) is 10.3. The zero-order valence-corrected chi connectivity index (χ0v) is 18.0. The van der Waals surface area contributed by atoms with Crippen LogP contribution in [0.1, 0.15) is 55.5 Å². The number of anilines is 2. The Morgan fingerprint density at radius 3 is 2.76 bits per heavy atom. The van der Waals surface area contributed by atoms with Crippen LogP contribution in [-0.2, 0) is 6.42 Å². The maximum Gasteiger partial charge on any atom is 0.225 e. The van der Waals surface area contributed by atoms with Crippen molar-refractivity contribution in [1.82, 2.24) is 9.97 Å². The molecule has 0 spiro atoms. The van der Waals surface area contributed by atoms with E-state index < -0.39 is 0 Å². The van der Waals surface area contributed by atoms with Gasteiger partial charge in [-0.05, 0) is 61.7 Å². The number of nitrogens with one attached hydrogen (secondary N) is 2. The molecular weight excluding hydrogens is 378 g/mol. The summed E-state index contributed by atoms with van der Waals surface area (Å²) in [6.07, 6.45) is 7.49. The average Bonchev–Trinajstić information content (AvgIpc) is 3.29. The van der Waals surface area contributed by atoms with Crippen LogP contribution in [0.2, 0.25) is 0 Å². The predicted octanol–water partition coefficient (Wildman–Crippen LogP) is 5.36. The fourth-order valence-electron chi connectivity index (χ4n) is 4.20. The summed E-state index contributed by atoms with van der Waals surface area (Å²) in [6, 6.07) is 10.7. The van der Waals surface area contributed by atoms with Gasteiger partial charge < -0.3 is 16.4 Å². The molecule has 2 aromatic heterocycles. The lowest BCUT2D eigenvalue weighted by molar-refractivity contribution is 0.373. The van der Waals surface area contributed by atoms with Gasteiger partial charge in [-0.25, -0.2) is 4.98 Å². The van der Waals surface area contributed by atoms with Crippen LogP contribution in [0.5, 0.6) is 0 Å². The van der Waals surface area contributed by atoms with Crippen molar-refractivity contribution in [3.05, 3.63) is 46.2 Å². The zero-order chi connectivity index (χ0) is 20.1. The summed E-state index contributed by atoms with van der Waals surface area (Å²) < 4.78 is 0. The van der Waals surface area contributed by atoms with Crippen LogP contribution in [0.25, 0.3) is 10.9 Å². The molecule has 29 heavy (non-hydrogen) atoms. The van der Waals surface area contributed by atoms with E-state index in [0.717, 1.165) is 35.6 Å². The molecule has 2 heterocycles. The Hall–Kier alpha value is -2.18. The molecule has 4 rings (SSSR count). The minimum absolute atomic E-state index is 0.192. The van der Waals surface area contributed by atoms with Gasteiger partial charge in [0, 0.05) is 16.8 Å². The third kappa shape index (κ3) is 4.87. The highest BCUT2D eigenvalue weighted by molar-refractivity contribution is 7.10. The topological polar surface area (TPSA) is 75.9 Å². The molecule has 0 bridgehead atoms. The summed E-state index contributed by atoms with van der Waals surface area (Å²) in [6.45, 7) is 3.74. The minimum atomic E-state index is 0.192. The summed E-state index contributed by atoms with van der Waals surface area (Å²) in [4.78, 5) is 11.1. The molecule has 1 aliphatic rings. The van der Waals surface area contributed by atoms with Crippen molar-refractivity contribution in [2.75, 3.05) is 23.7 Å². The van der Waals surface area contributed by atoms with Gasteiger partial charge in [-0.3, -0.25) is 0 Å². The fraction of sp³-hybridized carbons (Fsp3) is 0.478. The lowest BCUT2D eigenvalue weighted by Crippen LogP contribution is -2.19. The average molecular weight is 410 g/mol.